The third-order valence-electron chi connectivity index (χ3n) is 9.92. The Balaban J connectivity index is 1.46. The van der Waals surface area contributed by atoms with E-state index in [4.69, 9.17) is 0 Å². The number of ketones is 1. The lowest BCUT2D eigenvalue weighted by Gasteiger charge is -2.55. The van der Waals surface area contributed by atoms with Crippen molar-refractivity contribution < 1.29 is 15.0 Å². The zero-order chi connectivity index (χ0) is 24.2. The standard InChI is InChI=1S/C31H36O3S/c1-30-19-26(20-5-7-21(8-6-20)28-4-2-17-35-28)29-24-12-10-23(33)18-22(24)9-11-25(29)27(30)13-15-31(30,34)14-3-16-32/h2,4-8,17-18,25-27,32,34H,3,9-16,19H2,1H3/t25-,26+,27-,30+,31-/m0/s1. The molecule has 1 aromatic heterocycles. The van der Waals surface area contributed by atoms with Crippen LogP contribution < -0.4 is 0 Å². The number of hydrogen-bond donors (Lipinski definition) is 2. The number of allylic oxidation sites excluding steroid dienone is 4. The lowest BCUT2D eigenvalue weighted by molar-refractivity contribution is -0.114. The molecule has 1 heterocycles. The van der Waals surface area contributed by atoms with Crippen LogP contribution in [0.15, 0.2) is 64.6 Å². The van der Waals surface area contributed by atoms with Gasteiger partial charge < -0.3 is 10.2 Å². The number of hydrogen-bond acceptors (Lipinski definition) is 4. The number of aliphatic hydroxyl groups excluding tert-OH is 1. The van der Waals surface area contributed by atoms with Crippen LogP contribution >= 0.6 is 11.3 Å². The second-order valence-corrected chi connectivity index (χ2v) is 12.4. The number of carbonyl (C=O) groups excluding carboxylic acids is 1. The summed E-state index contributed by atoms with van der Waals surface area (Å²) in [5.74, 6) is 1.48. The predicted molar refractivity (Wildman–Crippen MR) is 141 cm³/mol. The molecule has 4 aliphatic rings. The molecule has 4 heteroatoms. The fraction of sp³-hybridized carbons (Fsp3) is 0.516. The molecule has 2 fully saturated rings. The van der Waals surface area contributed by atoms with E-state index in [9.17, 15) is 15.0 Å². The molecule has 0 bridgehead atoms. The molecular formula is C31H36O3S. The summed E-state index contributed by atoms with van der Waals surface area (Å²) in [4.78, 5) is 13.5. The van der Waals surface area contributed by atoms with E-state index in [1.54, 1.807) is 16.9 Å². The summed E-state index contributed by atoms with van der Waals surface area (Å²) in [5, 5.41) is 23.6. The number of benzene rings is 1. The Hall–Kier alpha value is -2.01. The normalized spacial score (nSPS) is 34.3. The highest BCUT2D eigenvalue weighted by Gasteiger charge is 2.62. The van der Waals surface area contributed by atoms with E-state index >= 15 is 0 Å². The Labute approximate surface area is 212 Å². The van der Waals surface area contributed by atoms with Crippen molar-refractivity contribution in [3.8, 4) is 10.4 Å². The first kappa shape index (κ1) is 23.4. The fourth-order valence-electron chi connectivity index (χ4n) is 8.16. The molecule has 4 aliphatic carbocycles. The van der Waals surface area contributed by atoms with Crippen molar-refractivity contribution >= 4 is 17.1 Å². The lowest BCUT2D eigenvalue weighted by Crippen LogP contribution is -2.51. The SMILES string of the molecule is C[C@@]12C[C@H](c3ccc(-c4cccs4)cc3)C3=C4CCC(=O)C=C4CC[C@H]3[C@@H]1CC[C@@]2(O)CCCO. The van der Waals surface area contributed by atoms with Crippen LogP contribution in [0.3, 0.4) is 0 Å². The van der Waals surface area contributed by atoms with Crippen LogP contribution in [0.2, 0.25) is 0 Å². The van der Waals surface area contributed by atoms with Crippen molar-refractivity contribution in [1.82, 2.24) is 0 Å². The predicted octanol–water partition coefficient (Wildman–Crippen LogP) is 6.82. The summed E-state index contributed by atoms with van der Waals surface area (Å²) in [7, 11) is 0. The molecule has 3 nitrogen and oxygen atoms in total. The van der Waals surface area contributed by atoms with Crippen molar-refractivity contribution in [2.45, 2.75) is 76.2 Å². The van der Waals surface area contributed by atoms with E-state index in [2.05, 4.69) is 48.7 Å². The molecule has 0 unspecified atom stereocenters. The smallest absolute Gasteiger partial charge is 0.156 e. The van der Waals surface area contributed by atoms with E-state index in [0.29, 0.717) is 31.1 Å². The largest absolute Gasteiger partial charge is 0.396 e. The van der Waals surface area contributed by atoms with Gasteiger partial charge in [-0.15, -0.1) is 11.3 Å². The van der Waals surface area contributed by atoms with Crippen LogP contribution in [0.25, 0.3) is 10.4 Å². The summed E-state index contributed by atoms with van der Waals surface area (Å²) < 4.78 is 0. The van der Waals surface area contributed by atoms with Crippen LogP contribution in [0.5, 0.6) is 0 Å². The fourth-order valence-corrected chi connectivity index (χ4v) is 8.89. The number of thiophene rings is 1. The van der Waals surface area contributed by atoms with E-state index in [0.717, 1.165) is 38.5 Å². The average Bonchev–Trinajstić information content (AvgIpc) is 3.49. The summed E-state index contributed by atoms with van der Waals surface area (Å²) in [6.07, 6.45) is 9.66. The van der Waals surface area contributed by atoms with Crippen molar-refractivity contribution in [2.75, 3.05) is 6.61 Å². The topological polar surface area (TPSA) is 57.5 Å². The molecule has 0 spiro atoms. The van der Waals surface area contributed by atoms with Gasteiger partial charge in [0, 0.05) is 29.2 Å². The molecule has 2 N–H and O–H groups in total. The minimum absolute atomic E-state index is 0.136. The first-order chi connectivity index (χ1) is 16.9. The Morgan fingerprint density at radius 2 is 1.91 bits per heavy atom. The summed E-state index contributed by atoms with van der Waals surface area (Å²) in [6.45, 7) is 2.48. The van der Waals surface area contributed by atoms with E-state index in [1.807, 2.05) is 6.08 Å². The van der Waals surface area contributed by atoms with Gasteiger partial charge in [-0.3, -0.25) is 4.79 Å². The Morgan fingerprint density at radius 3 is 2.66 bits per heavy atom. The van der Waals surface area contributed by atoms with E-state index < -0.39 is 5.60 Å². The van der Waals surface area contributed by atoms with Gasteiger partial charge in [0.25, 0.3) is 0 Å². The molecule has 0 aliphatic heterocycles. The minimum atomic E-state index is -0.718. The highest BCUT2D eigenvalue weighted by Crippen LogP contribution is 2.67. The number of carbonyl (C=O) groups is 1. The van der Waals surface area contributed by atoms with Gasteiger partial charge in [-0.05, 0) is 103 Å². The molecule has 0 amide bonds. The molecule has 184 valence electrons. The molecular weight excluding hydrogens is 452 g/mol. The maximum absolute atomic E-state index is 12.2. The first-order valence-corrected chi connectivity index (χ1v) is 14.3. The zero-order valence-corrected chi connectivity index (χ0v) is 21.4. The second kappa shape index (κ2) is 8.83. The summed E-state index contributed by atoms with van der Waals surface area (Å²) in [6, 6.07) is 13.4. The lowest BCUT2D eigenvalue weighted by atomic mass is 9.51. The second-order valence-electron chi connectivity index (χ2n) is 11.5. The first-order valence-electron chi connectivity index (χ1n) is 13.4. The molecule has 35 heavy (non-hydrogen) atoms. The quantitative estimate of drug-likeness (QED) is 0.486. The van der Waals surface area contributed by atoms with E-state index in [-0.39, 0.29) is 23.7 Å². The van der Waals surface area contributed by atoms with Gasteiger partial charge in [-0.2, -0.15) is 0 Å². The molecule has 6 rings (SSSR count). The summed E-state index contributed by atoms with van der Waals surface area (Å²) >= 11 is 1.77. The number of rotatable bonds is 5. The molecule has 1 aromatic carbocycles. The maximum Gasteiger partial charge on any atom is 0.156 e. The van der Waals surface area contributed by atoms with Gasteiger partial charge in [0.1, 0.15) is 0 Å². The van der Waals surface area contributed by atoms with Crippen LogP contribution in [0.1, 0.15) is 76.2 Å². The van der Waals surface area contributed by atoms with Gasteiger partial charge in [-0.1, -0.05) is 42.8 Å². The third kappa shape index (κ3) is 3.72. The molecule has 0 saturated heterocycles. The molecule has 2 aromatic rings. The number of fused-ring (bicyclic) bond motifs is 4. The van der Waals surface area contributed by atoms with Gasteiger partial charge >= 0.3 is 0 Å². The Bertz CT molecular complexity index is 1170. The Morgan fingerprint density at radius 1 is 1.09 bits per heavy atom. The van der Waals surface area contributed by atoms with Gasteiger partial charge in [0.15, 0.2) is 5.78 Å². The van der Waals surface area contributed by atoms with Crippen LogP contribution in [-0.4, -0.2) is 28.2 Å². The number of aliphatic hydroxyl groups is 2. The Kier molecular flexibility index (Phi) is 5.90. The van der Waals surface area contributed by atoms with Gasteiger partial charge in [0.05, 0.1) is 5.60 Å². The highest BCUT2D eigenvalue weighted by molar-refractivity contribution is 7.13. The molecule has 0 radical (unpaired) electrons. The van der Waals surface area contributed by atoms with Crippen molar-refractivity contribution in [2.24, 2.45) is 17.3 Å². The zero-order valence-electron chi connectivity index (χ0n) is 20.6. The van der Waals surface area contributed by atoms with Crippen LogP contribution in [-0.2, 0) is 4.79 Å². The molecule has 2 saturated carbocycles. The third-order valence-corrected chi connectivity index (χ3v) is 10.8. The van der Waals surface area contributed by atoms with Crippen LogP contribution in [0.4, 0.5) is 0 Å². The van der Waals surface area contributed by atoms with Crippen molar-refractivity contribution in [3.63, 3.8) is 0 Å². The monoisotopic (exact) mass is 488 g/mol. The molecule has 5 atom stereocenters. The van der Waals surface area contributed by atoms with Crippen LogP contribution in [0, 0.1) is 17.3 Å². The van der Waals surface area contributed by atoms with Gasteiger partial charge in [0.2, 0.25) is 0 Å². The van der Waals surface area contributed by atoms with Crippen molar-refractivity contribution in [3.05, 3.63) is 70.1 Å². The van der Waals surface area contributed by atoms with Crippen molar-refractivity contribution in [1.29, 1.82) is 0 Å². The van der Waals surface area contributed by atoms with Gasteiger partial charge in [-0.25, -0.2) is 0 Å². The summed E-state index contributed by atoms with van der Waals surface area (Å²) in [5.41, 5.74) is 6.03. The highest BCUT2D eigenvalue weighted by atomic mass is 32.1. The van der Waals surface area contributed by atoms with E-state index in [1.165, 1.54) is 27.2 Å². The average molecular weight is 489 g/mol. The maximum atomic E-state index is 12.2. The minimum Gasteiger partial charge on any atom is -0.396 e.